The first-order valence-electron chi connectivity index (χ1n) is 8.97. The van der Waals surface area contributed by atoms with Crippen molar-refractivity contribution in [2.24, 2.45) is 0 Å². The van der Waals surface area contributed by atoms with Crippen molar-refractivity contribution >= 4 is 29.2 Å². The molecule has 0 saturated heterocycles. The van der Waals surface area contributed by atoms with Crippen molar-refractivity contribution in [1.29, 1.82) is 0 Å². The number of urea groups is 1. The van der Waals surface area contributed by atoms with E-state index in [-0.39, 0.29) is 16.3 Å². The summed E-state index contributed by atoms with van der Waals surface area (Å²) < 4.78 is 34.3. The number of ether oxygens (including phenoxy) is 2. The smallest absolute Gasteiger partial charge is 0.387 e. The zero-order valence-corrected chi connectivity index (χ0v) is 17.0. The molecule has 3 aromatic rings. The number of methoxy groups -OCH3 is 1. The minimum atomic E-state index is -2.90. The van der Waals surface area contributed by atoms with E-state index in [0.717, 1.165) is 0 Å². The lowest BCUT2D eigenvalue weighted by molar-refractivity contribution is -0.0498. The van der Waals surface area contributed by atoms with E-state index in [1.807, 2.05) is 0 Å². The van der Waals surface area contributed by atoms with Gasteiger partial charge in [0.25, 0.3) is 5.91 Å². The zero-order valence-electron chi connectivity index (χ0n) is 16.2. The van der Waals surface area contributed by atoms with Gasteiger partial charge in [-0.25, -0.2) is 4.79 Å². The summed E-state index contributed by atoms with van der Waals surface area (Å²) in [6.45, 7) is -2.90. The van der Waals surface area contributed by atoms with Crippen LogP contribution in [0.5, 0.6) is 11.5 Å². The van der Waals surface area contributed by atoms with Crippen LogP contribution >= 0.6 is 11.6 Å². The molecule has 3 rings (SSSR count). The predicted molar refractivity (Wildman–Crippen MR) is 113 cm³/mol. The number of hydrogen-bond acceptors (Lipinski definition) is 4. The first kappa shape index (κ1) is 22.0. The van der Waals surface area contributed by atoms with Crippen LogP contribution in [0.3, 0.4) is 0 Å². The zero-order chi connectivity index (χ0) is 22.4. The maximum atomic E-state index is 12.3. The number of benzene rings is 3. The number of carbonyl (C=O) groups excluding carboxylic acids is 2. The highest BCUT2D eigenvalue weighted by Gasteiger charge is 2.14. The Morgan fingerprint density at radius 1 is 1.00 bits per heavy atom. The molecule has 0 aliphatic carbocycles. The molecule has 6 nitrogen and oxygen atoms in total. The molecule has 0 saturated carbocycles. The van der Waals surface area contributed by atoms with Gasteiger partial charge < -0.3 is 14.8 Å². The lowest BCUT2D eigenvalue weighted by Crippen LogP contribution is -2.34. The first-order chi connectivity index (χ1) is 14.9. The van der Waals surface area contributed by atoms with Gasteiger partial charge >= 0.3 is 12.6 Å². The van der Waals surface area contributed by atoms with Crippen LogP contribution in [0.15, 0.2) is 66.7 Å². The van der Waals surface area contributed by atoms with E-state index in [1.54, 1.807) is 48.5 Å². The van der Waals surface area contributed by atoms with Crippen LogP contribution in [-0.2, 0) is 0 Å². The van der Waals surface area contributed by atoms with E-state index in [0.29, 0.717) is 22.6 Å². The molecular formula is C22H17ClF2N2O4. The number of imide groups is 1. The molecule has 0 aliphatic heterocycles. The van der Waals surface area contributed by atoms with Crippen molar-refractivity contribution < 1.29 is 27.8 Å². The molecule has 31 heavy (non-hydrogen) atoms. The third-order valence-electron chi connectivity index (χ3n) is 4.20. The molecule has 9 heteroatoms. The van der Waals surface area contributed by atoms with E-state index in [2.05, 4.69) is 15.4 Å². The van der Waals surface area contributed by atoms with Crippen LogP contribution in [0.2, 0.25) is 5.02 Å². The minimum Gasteiger partial charge on any atom is -0.496 e. The maximum Gasteiger partial charge on any atom is 0.387 e. The monoisotopic (exact) mass is 446 g/mol. The fourth-order valence-corrected chi connectivity index (χ4v) is 3.02. The van der Waals surface area contributed by atoms with Gasteiger partial charge in [0.2, 0.25) is 0 Å². The Bertz CT molecular complexity index is 1090. The Kier molecular flexibility index (Phi) is 7.04. The molecule has 0 fully saturated rings. The molecule has 0 spiro atoms. The van der Waals surface area contributed by atoms with Gasteiger partial charge in [-0.15, -0.1) is 0 Å². The van der Waals surface area contributed by atoms with Crippen molar-refractivity contribution in [1.82, 2.24) is 5.32 Å². The molecule has 3 aromatic carbocycles. The number of halogens is 3. The number of rotatable bonds is 6. The fraction of sp³-hybridized carbons (Fsp3) is 0.0909. The third kappa shape index (κ3) is 5.70. The second kappa shape index (κ2) is 9.90. The van der Waals surface area contributed by atoms with Gasteiger partial charge in [-0.1, -0.05) is 35.9 Å². The Labute approximate surface area is 181 Å². The predicted octanol–water partition coefficient (Wildman–Crippen LogP) is 5.58. The van der Waals surface area contributed by atoms with Crippen molar-refractivity contribution in [3.63, 3.8) is 0 Å². The van der Waals surface area contributed by atoms with Crippen molar-refractivity contribution in [3.8, 4) is 22.6 Å². The summed E-state index contributed by atoms with van der Waals surface area (Å²) >= 11 is 5.96. The van der Waals surface area contributed by atoms with Crippen LogP contribution in [0.4, 0.5) is 19.3 Å². The highest BCUT2D eigenvalue weighted by molar-refractivity contribution is 6.34. The van der Waals surface area contributed by atoms with Gasteiger partial charge in [-0.3, -0.25) is 10.1 Å². The van der Waals surface area contributed by atoms with Crippen molar-refractivity contribution in [2.75, 3.05) is 12.4 Å². The molecular weight excluding hydrogens is 430 g/mol. The number of nitrogens with one attached hydrogen (secondary N) is 2. The Morgan fingerprint density at radius 3 is 2.35 bits per heavy atom. The standard InChI is InChI=1S/C22H17ClF2N2O4/c1-30-19-12-14(26-22(29)27-20(28)17-4-2-3-5-18(17)23)8-11-16(19)13-6-9-15(10-7-13)31-21(24)25/h2-12,21H,1H3,(H2,26,27,28,29). The summed E-state index contributed by atoms with van der Waals surface area (Å²) in [4.78, 5) is 24.4. The average Bonchev–Trinajstić information content (AvgIpc) is 2.74. The van der Waals surface area contributed by atoms with Crippen LogP contribution in [-0.4, -0.2) is 25.7 Å². The largest absolute Gasteiger partial charge is 0.496 e. The molecule has 2 N–H and O–H groups in total. The summed E-state index contributed by atoms with van der Waals surface area (Å²) in [5.41, 5.74) is 1.92. The summed E-state index contributed by atoms with van der Waals surface area (Å²) in [5, 5.41) is 4.98. The average molecular weight is 447 g/mol. The quantitative estimate of drug-likeness (QED) is 0.518. The summed E-state index contributed by atoms with van der Waals surface area (Å²) in [6, 6.07) is 16.5. The van der Waals surface area contributed by atoms with E-state index < -0.39 is 18.5 Å². The van der Waals surface area contributed by atoms with Gasteiger partial charge in [0.15, 0.2) is 0 Å². The van der Waals surface area contributed by atoms with E-state index in [1.165, 1.54) is 25.3 Å². The molecule has 0 bridgehead atoms. The van der Waals surface area contributed by atoms with E-state index in [4.69, 9.17) is 16.3 Å². The summed E-state index contributed by atoms with van der Waals surface area (Å²) in [7, 11) is 1.46. The molecule has 0 radical (unpaired) electrons. The molecule has 3 amide bonds. The van der Waals surface area contributed by atoms with Crippen LogP contribution in [0.25, 0.3) is 11.1 Å². The second-order valence-electron chi connectivity index (χ2n) is 6.21. The van der Waals surface area contributed by atoms with E-state index >= 15 is 0 Å². The highest BCUT2D eigenvalue weighted by Crippen LogP contribution is 2.33. The Morgan fingerprint density at radius 2 is 1.71 bits per heavy atom. The maximum absolute atomic E-state index is 12.3. The first-order valence-corrected chi connectivity index (χ1v) is 9.35. The van der Waals surface area contributed by atoms with E-state index in [9.17, 15) is 18.4 Å². The minimum absolute atomic E-state index is 0.0378. The molecule has 0 heterocycles. The second-order valence-corrected chi connectivity index (χ2v) is 6.61. The van der Waals surface area contributed by atoms with Crippen molar-refractivity contribution in [2.45, 2.75) is 6.61 Å². The SMILES string of the molecule is COc1cc(NC(=O)NC(=O)c2ccccc2Cl)ccc1-c1ccc(OC(F)F)cc1. The lowest BCUT2D eigenvalue weighted by atomic mass is 10.0. The molecule has 160 valence electrons. The molecule has 0 aromatic heterocycles. The third-order valence-corrected chi connectivity index (χ3v) is 4.53. The van der Waals surface area contributed by atoms with Gasteiger partial charge in [-0.2, -0.15) is 8.78 Å². The van der Waals surface area contributed by atoms with Gasteiger partial charge in [-0.05, 0) is 42.0 Å². The van der Waals surface area contributed by atoms with Crippen LogP contribution < -0.4 is 20.1 Å². The number of alkyl halides is 2. The van der Waals surface area contributed by atoms with Crippen LogP contribution in [0, 0.1) is 0 Å². The molecule has 0 unspecified atom stereocenters. The topological polar surface area (TPSA) is 76.7 Å². The Hall–Kier alpha value is -3.65. The highest BCUT2D eigenvalue weighted by atomic mass is 35.5. The number of hydrogen-bond donors (Lipinski definition) is 2. The fourth-order valence-electron chi connectivity index (χ4n) is 2.80. The van der Waals surface area contributed by atoms with Gasteiger partial charge in [0.1, 0.15) is 11.5 Å². The van der Waals surface area contributed by atoms with Crippen molar-refractivity contribution in [3.05, 3.63) is 77.3 Å². The summed E-state index contributed by atoms with van der Waals surface area (Å²) in [5.74, 6) is -0.175. The number of anilines is 1. The molecule has 0 atom stereocenters. The number of amides is 3. The van der Waals surface area contributed by atoms with Gasteiger partial charge in [0.05, 0.1) is 17.7 Å². The van der Waals surface area contributed by atoms with Gasteiger partial charge in [0, 0.05) is 17.3 Å². The Balaban J connectivity index is 1.71. The van der Waals surface area contributed by atoms with Crippen LogP contribution in [0.1, 0.15) is 10.4 Å². The lowest BCUT2D eigenvalue weighted by Gasteiger charge is -2.13. The normalized spacial score (nSPS) is 10.5. The molecule has 0 aliphatic rings. The summed E-state index contributed by atoms with van der Waals surface area (Å²) in [6.07, 6.45) is 0. The number of carbonyl (C=O) groups is 2.